The summed E-state index contributed by atoms with van der Waals surface area (Å²) in [6.07, 6.45) is 1.57. The van der Waals surface area contributed by atoms with Gasteiger partial charge in [0.2, 0.25) is 0 Å². The molecule has 1 aromatic carbocycles. The zero-order chi connectivity index (χ0) is 22.9. The van der Waals surface area contributed by atoms with Gasteiger partial charge in [-0.3, -0.25) is 20.3 Å². The molecule has 2 fully saturated rings. The van der Waals surface area contributed by atoms with Crippen LogP contribution in [0.5, 0.6) is 0 Å². The Bertz CT molecular complexity index is 1050. The molecule has 0 radical (unpaired) electrons. The van der Waals surface area contributed by atoms with Gasteiger partial charge in [0, 0.05) is 38.8 Å². The van der Waals surface area contributed by atoms with Crippen LogP contribution in [0.15, 0.2) is 16.9 Å². The fourth-order valence-electron chi connectivity index (χ4n) is 4.28. The highest BCUT2D eigenvalue weighted by atomic mass is 32.1. The molecule has 1 N–H and O–H groups in total. The second-order valence-electron chi connectivity index (χ2n) is 8.27. The molecular weight excluding hydrogens is 447 g/mol. The number of nitrogens with one attached hydrogen (secondary N) is 1. The minimum absolute atomic E-state index is 0.0872. The van der Waals surface area contributed by atoms with Crippen molar-refractivity contribution >= 4 is 32.2 Å². The molecule has 1 aromatic heterocycles. The summed E-state index contributed by atoms with van der Waals surface area (Å²) < 4.78 is 39.3. The van der Waals surface area contributed by atoms with Crippen molar-refractivity contribution in [1.29, 1.82) is 0 Å². The number of nitrogens with zero attached hydrogens (tertiary/aromatic N) is 4. The van der Waals surface area contributed by atoms with Gasteiger partial charge < -0.3 is 4.90 Å². The second kappa shape index (κ2) is 9.28. The van der Waals surface area contributed by atoms with Gasteiger partial charge in [-0.1, -0.05) is 30.6 Å². The lowest BCUT2D eigenvalue weighted by Crippen LogP contribution is -2.53. The van der Waals surface area contributed by atoms with Crippen LogP contribution < -0.4 is 15.9 Å². The first kappa shape index (κ1) is 22.9. The number of hydrazine groups is 1. The maximum absolute atomic E-state index is 13.1. The average Bonchev–Trinajstić information content (AvgIpc) is 2.77. The van der Waals surface area contributed by atoms with Crippen molar-refractivity contribution in [3.63, 3.8) is 0 Å². The van der Waals surface area contributed by atoms with E-state index in [2.05, 4.69) is 15.4 Å². The van der Waals surface area contributed by atoms with E-state index in [0.29, 0.717) is 44.2 Å². The lowest BCUT2D eigenvalue weighted by molar-refractivity contribution is -0.383. The molecule has 2 aromatic rings. The molecule has 8 nitrogen and oxygen atoms in total. The zero-order valence-electron chi connectivity index (χ0n) is 17.4. The van der Waals surface area contributed by atoms with Gasteiger partial charge in [0.1, 0.15) is 4.70 Å². The molecule has 1 saturated carbocycles. The van der Waals surface area contributed by atoms with Gasteiger partial charge in [0.15, 0.2) is 5.13 Å². The Morgan fingerprint density at radius 3 is 2.47 bits per heavy atom. The molecule has 1 saturated heterocycles. The third-order valence-corrected chi connectivity index (χ3v) is 7.26. The van der Waals surface area contributed by atoms with Crippen LogP contribution in [0.2, 0.25) is 0 Å². The Morgan fingerprint density at radius 2 is 1.84 bits per heavy atom. The van der Waals surface area contributed by atoms with E-state index in [4.69, 9.17) is 0 Å². The number of piperazine rings is 1. The Labute approximate surface area is 186 Å². The predicted octanol–water partition coefficient (Wildman–Crippen LogP) is 3.79. The van der Waals surface area contributed by atoms with Gasteiger partial charge in [-0.25, -0.2) is 5.01 Å². The predicted molar refractivity (Wildman–Crippen MR) is 116 cm³/mol. The third-order valence-electron chi connectivity index (χ3n) is 6.09. The summed E-state index contributed by atoms with van der Waals surface area (Å²) in [6.45, 7) is 3.42. The van der Waals surface area contributed by atoms with Gasteiger partial charge >= 0.3 is 6.18 Å². The molecule has 1 aliphatic heterocycles. The van der Waals surface area contributed by atoms with Crippen molar-refractivity contribution in [2.45, 2.75) is 38.3 Å². The molecule has 1 aliphatic carbocycles. The number of nitro benzene ring substituents is 1. The van der Waals surface area contributed by atoms with Crippen molar-refractivity contribution in [3.8, 4) is 0 Å². The smallest absolute Gasteiger partial charge is 0.345 e. The van der Waals surface area contributed by atoms with E-state index in [-0.39, 0.29) is 15.2 Å². The van der Waals surface area contributed by atoms with Crippen molar-refractivity contribution in [2.75, 3.05) is 37.6 Å². The van der Waals surface area contributed by atoms with Gasteiger partial charge in [0.25, 0.3) is 11.2 Å². The molecule has 0 unspecified atom stereocenters. The number of halogens is 3. The first-order valence-corrected chi connectivity index (χ1v) is 11.5. The molecule has 0 bridgehead atoms. The summed E-state index contributed by atoms with van der Waals surface area (Å²) in [4.78, 5) is 28.8. The molecule has 0 spiro atoms. The number of anilines is 1. The van der Waals surface area contributed by atoms with E-state index in [1.165, 1.54) is 32.1 Å². The topological polar surface area (TPSA) is 91.6 Å². The molecule has 174 valence electrons. The summed E-state index contributed by atoms with van der Waals surface area (Å²) in [5.41, 5.74) is 0.636. The molecule has 2 aliphatic rings. The highest BCUT2D eigenvalue weighted by molar-refractivity contribution is 7.22. The lowest BCUT2D eigenvalue weighted by Gasteiger charge is -2.36. The summed E-state index contributed by atoms with van der Waals surface area (Å²) in [5, 5.41) is 13.5. The quantitative estimate of drug-likeness (QED) is 0.524. The van der Waals surface area contributed by atoms with Gasteiger partial charge in [-0.05, 0) is 24.8 Å². The standard InChI is InChI=1S/C20H24F3N5O3S/c21-20(22,23)14-10-15-17(16(11-14)28(30)31)32-19(25-18(15)29)26-6-8-27(9-7-26)24-12-13-4-2-1-3-5-13/h10-11,13,24H,1-9,12H2. The minimum Gasteiger partial charge on any atom is -0.345 e. The molecule has 0 amide bonds. The van der Waals surface area contributed by atoms with Crippen LogP contribution in [0.4, 0.5) is 24.0 Å². The van der Waals surface area contributed by atoms with Gasteiger partial charge in [-0.2, -0.15) is 18.2 Å². The number of alkyl halides is 3. The Morgan fingerprint density at radius 1 is 1.16 bits per heavy atom. The number of hydrogen-bond acceptors (Lipinski definition) is 8. The van der Waals surface area contributed by atoms with Crippen LogP contribution in [0, 0.1) is 16.0 Å². The molecule has 12 heteroatoms. The first-order chi connectivity index (χ1) is 15.2. The van der Waals surface area contributed by atoms with Crippen molar-refractivity contribution in [2.24, 2.45) is 5.92 Å². The van der Waals surface area contributed by atoms with Crippen LogP contribution in [0.3, 0.4) is 0 Å². The third kappa shape index (κ3) is 5.02. The number of nitro groups is 1. The van der Waals surface area contributed by atoms with Crippen molar-refractivity contribution < 1.29 is 18.1 Å². The SMILES string of the molecule is O=c1nc(N2CCN(NCC3CCCCC3)CC2)sc2c([N+](=O)[O-])cc(C(F)(F)F)cc12. The minimum atomic E-state index is -4.80. The fourth-order valence-corrected chi connectivity index (χ4v) is 5.40. The molecule has 0 atom stereocenters. The van der Waals surface area contributed by atoms with Gasteiger partial charge in [0.05, 0.1) is 15.9 Å². The van der Waals surface area contributed by atoms with Crippen LogP contribution in [0.25, 0.3) is 10.1 Å². The lowest BCUT2D eigenvalue weighted by atomic mass is 9.89. The van der Waals surface area contributed by atoms with E-state index < -0.39 is 27.9 Å². The zero-order valence-corrected chi connectivity index (χ0v) is 18.2. The van der Waals surface area contributed by atoms with E-state index >= 15 is 0 Å². The van der Waals surface area contributed by atoms with Crippen molar-refractivity contribution in [3.05, 3.63) is 38.2 Å². The van der Waals surface area contributed by atoms with Crippen LogP contribution in [-0.4, -0.2) is 47.6 Å². The van der Waals surface area contributed by atoms with Crippen LogP contribution in [-0.2, 0) is 6.18 Å². The number of benzene rings is 1. The maximum Gasteiger partial charge on any atom is 0.416 e. The number of non-ortho nitro benzene ring substituents is 1. The fraction of sp³-hybridized carbons (Fsp3) is 0.600. The first-order valence-electron chi connectivity index (χ1n) is 10.7. The molecule has 4 rings (SSSR count). The van der Waals surface area contributed by atoms with Crippen LogP contribution >= 0.6 is 11.3 Å². The Hall–Kier alpha value is -2.31. The summed E-state index contributed by atoms with van der Waals surface area (Å²) in [7, 11) is 0. The number of aromatic nitrogens is 1. The normalized spacial score (nSPS) is 18.9. The molecule has 32 heavy (non-hydrogen) atoms. The summed E-state index contributed by atoms with van der Waals surface area (Å²) >= 11 is 0.886. The number of fused-ring (bicyclic) bond motifs is 1. The Balaban J connectivity index is 1.51. The van der Waals surface area contributed by atoms with E-state index in [1.54, 1.807) is 0 Å². The van der Waals surface area contributed by atoms with E-state index in [9.17, 15) is 28.1 Å². The van der Waals surface area contributed by atoms with Crippen molar-refractivity contribution in [1.82, 2.24) is 15.4 Å². The molecular formula is C20H24F3N5O3S. The monoisotopic (exact) mass is 471 g/mol. The average molecular weight is 472 g/mol. The van der Waals surface area contributed by atoms with Gasteiger partial charge in [-0.15, -0.1) is 0 Å². The maximum atomic E-state index is 13.1. The summed E-state index contributed by atoms with van der Waals surface area (Å²) in [5.74, 6) is 0.691. The molecule has 2 heterocycles. The highest BCUT2D eigenvalue weighted by Crippen LogP contribution is 2.38. The highest BCUT2D eigenvalue weighted by Gasteiger charge is 2.34. The van der Waals surface area contributed by atoms with E-state index in [0.717, 1.165) is 17.9 Å². The van der Waals surface area contributed by atoms with E-state index in [1.807, 2.05) is 4.90 Å². The summed E-state index contributed by atoms with van der Waals surface area (Å²) in [6, 6.07) is 1.13. The largest absolute Gasteiger partial charge is 0.416 e. The Kier molecular flexibility index (Phi) is 6.63. The van der Waals surface area contributed by atoms with Crippen LogP contribution in [0.1, 0.15) is 37.7 Å². The number of rotatable bonds is 5. The number of hydrogen-bond donors (Lipinski definition) is 1. The second-order valence-corrected chi connectivity index (χ2v) is 9.25.